The number of hydrogen-bond acceptors (Lipinski definition) is 2. The monoisotopic (exact) mass is 392 g/mol. The highest BCUT2D eigenvalue weighted by molar-refractivity contribution is 5.03. The molecule has 2 heteroatoms. The highest BCUT2D eigenvalue weighted by atomic mass is 15.2. The zero-order chi connectivity index (χ0) is 20.4. The molecule has 2 N–H and O–H groups in total. The summed E-state index contributed by atoms with van der Waals surface area (Å²) in [7, 11) is 0. The van der Waals surface area contributed by atoms with E-state index in [4.69, 9.17) is 5.73 Å². The third kappa shape index (κ3) is 6.46. The number of piperidine rings is 1. The van der Waals surface area contributed by atoms with Crippen molar-refractivity contribution in [3.8, 4) is 0 Å². The molecule has 0 aromatic carbocycles. The topological polar surface area (TPSA) is 29.3 Å². The molecule has 0 spiro atoms. The van der Waals surface area contributed by atoms with E-state index in [-0.39, 0.29) is 0 Å². The lowest BCUT2D eigenvalue weighted by Crippen LogP contribution is -2.63. The molecular weight excluding hydrogens is 340 g/mol. The third-order valence-corrected chi connectivity index (χ3v) is 8.37. The minimum Gasteiger partial charge on any atom is -0.330 e. The van der Waals surface area contributed by atoms with Crippen molar-refractivity contribution >= 4 is 0 Å². The van der Waals surface area contributed by atoms with Crippen LogP contribution in [0.3, 0.4) is 0 Å². The molecule has 0 amide bonds. The second-order valence-electron chi connectivity index (χ2n) is 10.5. The number of fused-ring (bicyclic) bond motifs is 1. The van der Waals surface area contributed by atoms with Crippen LogP contribution in [0.1, 0.15) is 124 Å². The highest BCUT2D eigenvalue weighted by Crippen LogP contribution is 2.49. The van der Waals surface area contributed by atoms with E-state index in [2.05, 4.69) is 32.6 Å². The molecular formula is C26H52N2. The Morgan fingerprint density at radius 1 is 0.929 bits per heavy atom. The van der Waals surface area contributed by atoms with Crippen molar-refractivity contribution in [2.75, 3.05) is 13.1 Å². The lowest BCUT2D eigenvalue weighted by atomic mass is 9.62. The number of hydrogen-bond donors (Lipinski definition) is 1. The number of rotatable bonds is 13. The van der Waals surface area contributed by atoms with Gasteiger partial charge in [0.2, 0.25) is 0 Å². The van der Waals surface area contributed by atoms with Crippen LogP contribution in [0.2, 0.25) is 0 Å². The van der Waals surface area contributed by atoms with Crippen molar-refractivity contribution in [1.82, 2.24) is 4.90 Å². The summed E-state index contributed by atoms with van der Waals surface area (Å²) in [6.07, 6.45) is 21.2. The smallest absolute Gasteiger partial charge is 0.0184 e. The summed E-state index contributed by atoms with van der Waals surface area (Å²) in [5, 5.41) is 0. The SMILES string of the molecule is CCCCCCCCCC1CCCC2C(C)CC(C)(CC)N(CCCCN)C12. The Kier molecular flexibility index (Phi) is 10.9. The van der Waals surface area contributed by atoms with Crippen LogP contribution in [0, 0.1) is 17.8 Å². The van der Waals surface area contributed by atoms with Gasteiger partial charge in [-0.1, -0.05) is 72.1 Å². The standard InChI is InChI=1S/C26H52N2/c1-5-7-8-9-10-11-12-16-23-17-15-18-24-22(3)21-26(4,6-2)28(25(23)24)20-14-13-19-27/h22-25H,5-21,27H2,1-4H3. The fraction of sp³-hybridized carbons (Fsp3) is 1.00. The zero-order valence-corrected chi connectivity index (χ0v) is 19.9. The maximum absolute atomic E-state index is 5.83. The maximum Gasteiger partial charge on any atom is 0.0184 e. The van der Waals surface area contributed by atoms with Crippen LogP contribution in [0.5, 0.6) is 0 Å². The first kappa shape index (κ1) is 24.2. The Morgan fingerprint density at radius 2 is 1.64 bits per heavy atom. The second-order valence-corrected chi connectivity index (χ2v) is 10.5. The van der Waals surface area contributed by atoms with E-state index in [0.717, 1.165) is 30.3 Å². The van der Waals surface area contributed by atoms with Gasteiger partial charge in [-0.15, -0.1) is 0 Å². The summed E-state index contributed by atoms with van der Waals surface area (Å²) in [5.74, 6) is 2.79. The molecule has 1 saturated heterocycles. The quantitative estimate of drug-likeness (QED) is 0.337. The predicted octanol–water partition coefficient (Wildman–Crippen LogP) is 7.16. The molecule has 5 unspecified atom stereocenters. The molecule has 1 aliphatic heterocycles. The third-order valence-electron chi connectivity index (χ3n) is 8.37. The van der Waals surface area contributed by atoms with Gasteiger partial charge in [-0.2, -0.15) is 0 Å². The Labute approximate surface area is 177 Å². The van der Waals surface area contributed by atoms with Crippen molar-refractivity contribution in [2.45, 2.75) is 136 Å². The molecule has 0 aromatic heterocycles. The van der Waals surface area contributed by atoms with Gasteiger partial charge in [0.25, 0.3) is 0 Å². The molecule has 166 valence electrons. The van der Waals surface area contributed by atoms with E-state index in [0.29, 0.717) is 5.54 Å². The van der Waals surface area contributed by atoms with Crippen LogP contribution >= 0.6 is 0 Å². The Balaban J connectivity index is 1.98. The number of nitrogens with zero attached hydrogens (tertiary/aromatic N) is 1. The summed E-state index contributed by atoms with van der Waals surface area (Å²) >= 11 is 0. The summed E-state index contributed by atoms with van der Waals surface area (Å²) in [5.41, 5.74) is 6.24. The Bertz CT molecular complexity index is 409. The van der Waals surface area contributed by atoms with E-state index < -0.39 is 0 Å². The van der Waals surface area contributed by atoms with E-state index in [9.17, 15) is 0 Å². The van der Waals surface area contributed by atoms with Crippen LogP contribution < -0.4 is 5.73 Å². The van der Waals surface area contributed by atoms with Gasteiger partial charge in [0.15, 0.2) is 0 Å². The van der Waals surface area contributed by atoms with Crippen molar-refractivity contribution in [3.05, 3.63) is 0 Å². The molecule has 0 aromatic rings. The van der Waals surface area contributed by atoms with E-state index in [1.165, 1.54) is 103 Å². The Morgan fingerprint density at radius 3 is 2.32 bits per heavy atom. The van der Waals surface area contributed by atoms with E-state index in [1.54, 1.807) is 0 Å². The molecule has 0 bridgehead atoms. The van der Waals surface area contributed by atoms with Crippen LogP contribution in [-0.4, -0.2) is 29.6 Å². The fourth-order valence-electron chi connectivity index (χ4n) is 6.61. The van der Waals surface area contributed by atoms with E-state index >= 15 is 0 Å². The second kappa shape index (κ2) is 12.6. The predicted molar refractivity (Wildman–Crippen MR) is 125 cm³/mol. The van der Waals surface area contributed by atoms with Gasteiger partial charge in [-0.3, -0.25) is 4.90 Å². The fourth-order valence-corrected chi connectivity index (χ4v) is 6.61. The summed E-state index contributed by atoms with van der Waals surface area (Å²) in [6, 6.07) is 0.848. The van der Waals surface area contributed by atoms with Gasteiger partial charge < -0.3 is 5.73 Å². The lowest BCUT2D eigenvalue weighted by molar-refractivity contribution is -0.0944. The average Bonchev–Trinajstić information content (AvgIpc) is 2.70. The van der Waals surface area contributed by atoms with Gasteiger partial charge in [0, 0.05) is 11.6 Å². The average molecular weight is 393 g/mol. The molecule has 2 rings (SSSR count). The van der Waals surface area contributed by atoms with Crippen molar-refractivity contribution in [2.24, 2.45) is 23.5 Å². The van der Waals surface area contributed by atoms with Crippen LogP contribution in [0.15, 0.2) is 0 Å². The zero-order valence-electron chi connectivity index (χ0n) is 19.9. The molecule has 2 fully saturated rings. The highest BCUT2D eigenvalue weighted by Gasteiger charge is 2.49. The molecule has 5 atom stereocenters. The maximum atomic E-state index is 5.83. The van der Waals surface area contributed by atoms with Crippen molar-refractivity contribution < 1.29 is 0 Å². The van der Waals surface area contributed by atoms with Crippen LogP contribution in [0.4, 0.5) is 0 Å². The van der Waals surface area contributed by atoms with Crippen molar-refractivity contribution in [3.63, 3.8) is 0 Å². The molecule has 1 aliphatic carbocycles. The lowest BCUT2D eigenvalue weighted by Gasteiger charge is -2.59. The normalized spacial score (nSPS) is 33.8. The first-order chi connectivity index (χ1) is 13.6. The van der Waals surface area contributed by atoms with Gasteiger partial charge in [-0.05, 0) is 82.7 Å². The van der Waals surface area contributed by atoms with Gasteiger partial charge in [0.1, 0.15) is 0 Å². The minimum absolute atomic E-state index is 0.408. The number of unbranched alkanes of at least 4 members (excludes halogenated alkanes) is 7. The van der Waals surface area contributed by atoms with Gasteiger partial charge >= 0.3 is 0 Å². The van der Waals surface area contributed by atoms with Gasteiger partial charge in [0.05, 0.1) is 0 Å². The molecule has 2 nitrogen and oxygen atoms in total. The van der Waals surface area contributed by atoms with Crippen LogP contribution in [0.25, 0.3) is 0 Å². The number of likely N-dealkylation sites (tertiary alicyclic amines) is 1. The molecule has 1 saturated carbocycles. The first-order valence-electron chi connectivity index (χ1n) is 13.0. The molecule has 2 aliphatic rings. The molecule has 0 radical (unpaired) electrons. The van der Waals surface area contributed by atoms with Crippen molar-refractivity contribution in [1.29, 1.82) is 0 Å². The largest absolute Gasteiger partial charge is 0.330 e. The Hall–Kier alpha value is -0.0800. The summed E-state index contributed by atoms with van der Waals surface area (Å²) in [4.78, 5) is 3.01. The van der Waals surface area contributed by atoms with Gasteiger partial charge in [-0.25, -0.2) is 0 Å². The summed E-state index contributed by atoms with van der Waals surface area (Å²) in [6.45, 7) is 12.0. The summed E-state index contributed by atoms with van der Waals surface area (Å²) < 4.78 is 0. The van der Waals surface area contributed by atoms with E-state index in [1.807, 2.05) is 0 Å². The van der Waals surface area contributed by atoms with Crippen LogP contribution in [-0.2, 0) is 0 Å². The molecule has 1 heterocycles. The first-order valence-corrected chi connectivity index (χ1v) is 13.0. The molecule has 28 heavy (non-hydrogen) atoms. The minimum atomic E-state index is 0.408. The number of nitrogens with two attached hydrogens (primary N) is 1.